The summed E-state index contributed by atoms with van der Waals surface area (Å²) in [6.07, 6.45) is 0. The minimum atomic E-state index is 0.287. The number of rotatable bonds is 3. The van der Waals surface area contributed by atoms with Crippen LogP contribution < -0.4 is 5.32 Å². The molecule has 1 saturated heterocycles. The van der Waals surface area contributed by atoms with Crippen LogP contribution in [0.3, 0.4) is 0 Å². The van der Waals surface area contributed by atoms with Crippen LogP contribution in [0.1, 0.15) is 25.6 Å². The minimum Gasteiger partial charge on any atom is -0.459 e. The van der Waals surface area contributed by atoms with E-state index in [0.29, 0.717) is 10.5 Å². The molecule has 0 saturated carbocycles. The number of thioether (sulfide) groups is 2. The average molecular weight is 307 g/mol. The highest BCUT2D eigenvalue weighted by molar-refractivity contribution is 8.07. The second-order valence-electron chi connectivity index (χ2n) is 5.37. The molecule has 0 spiro atoms. The van der Waals surface area contributed by atoms with Gasteiger partial charge in [0.25, 0.3) is 0 Å². The molecule has 0 bridgehead atoms. The summed E-state index contributed by atoms with van der Waals surface area (Å²) in [6.45, 7) is 4.66. The van der Waals surface area contributed by atoms with Gasteiger partial charge in [-0.3, -0.25) is 0 Å². The van der Waals surface area contributed by atoms with E-state index >= 15 is 0 Å². The molecule has 2 aromatic rings. The molecule has 20 heavy (non-hydrogen) atoms. The molecule has 2 heterocycles. The van der Waals surface area contributed by atoms with Gasteiger partial charge < -0.3 is 9.73 Å². The lowest BCUT2D eigenvalue weighted by molar-refractivity contribution is 0.451. The maximum Gasteiger partial charge on any atom is 0.134 e. The SMILES string of the molecule is CNC(c1cc2ccccc2o1)C1CSC(C)C(C)S1. The fourth-order valence-corrected chi connectivity index (χ4v) is 5.78. The Balaban J connectivity index is 1.85. The van der Waals surface area contributed by atoms with Gasteiger partial charge in [0.2, 0.25) is 0 Å². The van der Waals surface area contributed by atoms with Gasteiger partial charge in [0.15, 0.2) is 0 Å². The summed E-state index contributed by atoms with van der Waals surface area (Å²) in [5, 5.41) is 6.65. The fraction of sp³-hybridized carbons (Fsp3) is 0.500. The first-order valence-corrected chi connectivity index (χ1v) is 9.11. The highest BCUT2D eigenvalue weighted by Crippen LogP contribution is 2.41. The van der Waals surface area contributed by atoms with Gasteiger partial charge in [-0.1, -0.05) is 32.0 Å². The number of fused-ring (bicyclic) bond motifs is 1. The highest BCUT2D eigenvalue weighted by Gasteiger charge is 2.32. The number of hydrogen-bond acceptors (Lipinski definition) is 4. The smallest absolute Gasteiger partial charge is 0.134 e. The maximum absolute atomic E-state index is 6.05. The van der Waals surface area contributed by atoms with E-state index in [1.54, 1.807) is 0 Å². The molecule has 3 rings (SSSR count). The monoisotopic (exact) mass is 307 g/mol. The Labute approximate surface area is 129 Å². The zero-order valence-electron chi connectivity index (χ0n) is 12.1. The van der Waals surface area contributed by atoms with E-state index in [9.17, 15) is 0 Å². The van der Waals surface area contributed by atoms with Gasteiger partial charge in [0.1, 0.15) is 11.3 Å². The van der Waals surface area contributed by atoms with Crippen molar-refractivity contribution in [1.29, 1.82) is 0 Å². The zero-order chi connectivity index (χ0) is 14.1. The molecule has 0 aliphatic carbocycles. The molecule has 4 atom stereocenters. The van der Waals surface area contributed by atoms with E-state index in [1.165, 1.54) is 11.1 Å². The van der Waals surface area contributed by atoms with Crippen molar-refractivity contribution in [3.8, 4) is 0 Å². The lowest BCUT2D eigenvalue weighted by atomic mass is 10.1. The predicted octanol–water partition coefficient (Wildman–Crippen LogP) is 4.32. The highest BCUT2D eigenvalue weighted by atomic mass is 32.2. The van der Waals surface area contributed by atoms with Crippen LogP contribution in [-0.2, 0) is 0 Å². The normalized spacial score (nSPS) is 28.6. The van der Waals surface area contributed by atoms with Crippen LogP contribution in [0.25, 0.3) is 11.0 Å². The van der Waals surface area contributed by atoms with Gasteiger partial charge in [-0.25, -0.2) is 0 Å². The largest absolute Gasteiger partial charge is 0.459 e. The molecule has 4 heteroatoms. The van der Waals surface area contributed by atoms with E-state index in [1.807, 2.05) is 19.2 Å². The van der Waals surface area contributed by atoms with Crippen molar-refractivity contribution < 1.29 is 4.42 Å². The van der Waals surface area contributed by atoms with Gasteiger partial charge in [0.05, 0.1) is 6.04 Å². The molecule has 1 aromatic carbocycles. The van der Waals surface area contributed by atoms with Crippen molar-refractivity contribution in [1.82, 2.24) is 5.32 Å². The van der Waals surface area contributed by atoms with E-state index < -0.39 is 0 Å². The Morgan fingerprint density at radius 1 is 1.25 bits per heavy atom. The third-order valence-corrected chi connectivity index (χ3v) is 7.50. The third-order valence-electron chi connectivity index (χ3n) is 4.01. The molecule has 4 unspecified atom stereocenters. The zero-order valence-corrected chi connectivity index (χ0v) is 13.8. The van der Waals surface area contributed by atoms with Crippen LogP contribution >= 0.6 is 23.5 Å². The summed E-state index contributed by atoms with van der Waals surface area (Å²) in [6, 6.07) is 10.7. The molecule has 0 radical (unpaired) electrons. The number of furan rings is 1. The fourth-order valence-electron chi connectivity index (χ4n) is 2.65. The van der Waals surface area contributed by atoms with Gasteiger partial charge in [-0.05, 0) is 19.2 Å². The summed E-state index contributed by atoms with van der Waals surface area (Å²) in [5.74, 6) is 2.24. The molecular formula is C16H21NOS2. The lowest BCUT2D eigenvalue weighted by Gasteiger charge is -2.35. The predicted molar refractivity (Wildman–Crippen MR) is 90.8 cm³/mol. The van der Waals surface area contributed by atoms with Crippen molar-refractivity contribution in [2.75, 3.05) is 12.8 Å². The number of hydrogen-bond donors (Lipinski definition) is 1. The lowest BCUT2D eigenvalue weighted by Crippen LogP contribution is -2.35. The van der Waals surface area contributed by atoms with Crippen molar-refractivity contribution in [2.45, 2.75) is 35.6 Å². The molecule has 1 aliphatic rings. The summed E-state index contributed by atoms with van der Waals surface area (Å²) in [4.78, 5) is 0. The molecule has 1 N–H and O–H groups in total. The van der Waals surface area contributed by atoms with E-state index in [-0.39, 0.29) is 6.04 Å². The molecule has 1 aromatic heterocycles. The van der Waals surface area contributed by atoms with Gasteiger partial charge >= 0.3 is 0 Å². The summed E-state index contributed by atoms with van der Waals surface area (Å²) in [7, 11) is 2.03. The van der Waals surface area contributed by atoms with Crippen molar-refractivity contribution >= 4 is 34.5 Å². The molecule has 1 fully saturated rings. The standard InChI is InChI=1S/C16H21NOS2/c1-10-11(2)20-15(9-19-10)16(17-3)14-8-12-6-4-5-7-13(12)18-14/h4-8,10-11,15-17H,9H2,1-3H3. The van der Waals surface area contributed by atoms with Crippen LogP contribution in [-0.4, -0.2) is 28.6 Å². The van der Waals surface area contributed by atoms with E-state index in [4.69, 9.17) is 4.42 Å². The van der Waals surface area contributed by atoms with Crippen LogP contribution in [0.5, 0.6) is 0 Å². The first-order chi connectivity index (χ1) is 9.69. The van der Waals surface area contributed by atoms with Crippen LogP contribution in [0, 0.1) is 0 Å². The molecule has 2 nitrogen and oxygen atoms in total. The van der Waals surface area contributed by atoms with Crippen LogP contribution in [0.15, 0.2) is 34.7 Å². The molecule has 108 valence electrons. The number of nitrogens with one attached hydrogen (secondary N) is 1. The second-order valence-corrected chi connectivity index (χ2v) is 8.40. The van der Waals surface area contributed by atoms with Crippen molar-refractivity contribution in [3.63, 3.8) is 0 Å². The van der Waals surface area contributed by atoms with Crippen LogP contribution in [0.4, 0.5) is 0 Å². The van der Waals surface area contributed by atoms with Crippen molar-refractivity contribution in [2.24, 2.45) is 0 Å². The Hall–Kier alpha value is -0.580. The summed E-state index contributed by atoms with van der Waals surface area (Å²) < 4.78 is 6.05. The quantitative estimate of drug-likeness (QED) is 0.913. The van der Waals surface area contributed by atoms with Gasteiger partial charge in [-0.2, -0.15) is 23.5 Å². The summed E-state index contributed by atoms with van der Waals surface area (Å²) in [5.41, 5.74) is 0.984. The minimum absolute atomic E-state index is 0.287. The third kappa shape index (κ3) is 2.74. The van der Waals surface area contributed by atoms with Crippen LogP contribution in [0.2, 0.25) is 0 Å². The maximum atomic E-state index is 6.05. The first kappa shape index (κ1) is 14.4. The van der Waals surface area contributed by atoms with Crippen molar-refractivity contribution in [3.05, 3.63) is 36.1 Å². The number of benzene rings is 1. The van der Waals surface area contributed by atoms with E-state index in [0.717, 1.165) is 16.6 Å². The first-order valence-electron chi connectivity index (χ1n) is 7.12. The Morgan fingerprint density at radius 2 is 2.05 bits per heavy atom. The Morgan fingerprint density at radius 3 is 2.75 bits per heavy atom. The van der Waals surface area contributed by atoms with E-state index in [2.05, 4.69) is 60.9 Å². The Kier molecular flexibility index (Phi) is 4.34. The molecule has 0 amide bonds. The topological polar surface area (TPSA) is 25.2 Å². The second kappa shape index (κ2) is 6.04. The molecule has 1 aliphatic heterocycles. The number of para-hydroxylation sites is 1. The Bertz CT molecular complexity index is 550. The molecular weight excluding hydrogens is 286 g/mol. The van der Waals surface area contributed by atoms with Gasteiger partial charge in [-0.15, -0.1) is 0 Å². The van der Waals surface area contributed by atoms with Gasteiger partial charge in [0, 0.05) is 26.9 Å². The summed E-state index contributed by atoms with van der Waals surface area (Å²) >= 11 is 4.17. The average Bonchev–Trinajstić information content (AvgIpc) is 2.87.